The molecule has 2 N–H and O–H groups in total. The van der Waals surface area contributed by atoms with E-state index in [4.69, 9.17) is 9.47 Å². The number of carbonyl (C=O) groups is 3. The van der Waals surface area contributed by atoms with Gasteiger partial charge in [0.2, 0.25) is 0 Å². The number of aliphatic hydroxyl groups is 2. The molecule has 0 aromatic heterocycles. The second-order valence-corrected chi connectivity index (χ2v) is 20.5. The summed E-state index contributed by atoms with van der Waals surface area (Å²) in [5.41, 5.74) is -4.33. The fourth-order valence-corrected chi connectivity index (χ4v) is 14.8. The van der Waals surface area contributed by atoms with Crippen LogP contribution in [-0.2, 0) is 23.9 Å². The first-order chi connectivity index (χ1) is 24.5. The van der Waals surface area contributed by atoms with Gasteiger partial charge in [0.05, 0.1) is 29.8 Å². The molecule has 2 aliphatic heterocycles. The number of nitrogens with zero attached hydrogens (tertiary/aromatic N) is 1. The molecule has 2 heterocycles. The number of esters is 1. The van der Waals surface area contributed by atoms with Gasteiger partial charge in [-0.15, -0.1) is 0 Å². The highest BCUT2D eigenvalue weighted by molar-refractivity contribution is 6.00. The van der Waals surface area contributed by atoms with Crippen molar-refractivity contribution in [1.29, 1.82) is 0 Å². The lowest BCUT2D eigenvalue weighted by Crippen LogP contribution is -2.68. The van der Waals surface area contributed by atoms with Gasteiger partial charge >= 0.3 is 5.97 Å². The maximum absolute atomic E-state index is 15.1. The lowest BCUT2D eigenvalue weighted by atomic mass is 9.32. The molecule has 5 saturated carbocycles. The van der Waals surface area contributed by atoms with Crippen LogP contribution >= 0.6 is 0 Å². The third-order valence-corrected chi connectivity index (χ3v) is 18.6. The van der Waals surface area contributed by atoms with E-state index in [2.05, 4.69) is 32.1 Å². The second-order valence-electron chi connectivity index (χ2n) is 20.5. The Morgan fingerprint density at radius 1 is 0.846 bits per heavy atom. The van der Waals surface area contributed by atoms with E-state index < -0.39 is 32.9 Å². The SMILES string of the molecule is CC12CCC(C(=O)N(CC3CCCO3)CC3(O)CCC4C56C=CC7(C=C5C(=O)C5CCCCC5)CC(O)CCC7(C)C6CCC43C)(OC1=O)C2(C)C. The van der Waals surface area contributed by atoms with Crippen molar-refractivity contribution in [1.82, 2.24) is 4.90 Å². The molecule has 11 atom stereocenters. The molecule has 4 bridgehead atoms. The van der Waals surface area contributed by atoms with Gasteiger partial charge in [-0.25, -0.2) is 0 Å². The van der Waals surface area contributed by atoms with Crippen LogP contribution in [0.15, 0.2) is 23.8 Å². The number of Topliss-reactive ketones (excluding diaryl/α,β-unsaturated/α-hetero) is 1. The van der Waals surface area contributed by atoms with Crippen molar-refractivity contribution in [2.45, 2.75) is 161 Å². The maximum Gasteiger partial charge on any atom is 0.313 e. The first-order valence-corrected chi connectivity index (χ1v) is 21.1. The lowest BCUT2D eigenvalue weighted by Gasteiger charge is -2.71. The fraction of sp³-hybridized carbons (Fsp3) is 0.841. The number of hydrogen-bond acceptors (Lipinski definition) is 7. The maximum atomic E-state index is 15.1. The Morgan fingerprint density at radius 2 is 1.56 bits per heavy atom. The van der Waals surface area contributed by atoms with Gasteiger partial charge in [-0.2, -0.15) is 0 Å². The number of amides is 1. The first-order valence-electron chi connectivity index (χ1n) is 21.1. The number of hydrogen-bond donors (Lipinski definition) is 2. The zero-order valence-corrected chi connectivity index (χ0v) is 32.4. The van der Waals surface area contributed by atoms with Gasteiger partial charge < -0.3 is 24.6 Å². The smallest absolute Gasteiger partial charge is 0.313 e. The molecule has 7 fully saturated rings. The molecule has 52 heavy (non-hydrogen) atoms. The minimum absolute atomic E-state index is 0.0362. The molecule has 11 unspecified atom stereocenters. The molecular formula is C44H63NO7. The molecule has 10 rings (SSSR count). The summed E-state index contributed by atoms with van der Waals surface area (Å²) in [4.78, 5) is 45.2. The molecule has 0 aromatic rings. The summed E-state index contributed by atoms with van der Waals surface area (Å²) in [6.07, 6.45) is 20.3. The zero-order valence-electron chi connectivity index (χ0n) is 32.4. The Hall–Kier alpha value is -2.03. The van der Waals surface area contributed by atoms with E-state index in [1.807, 2.05) is 25.7 Å². The standard InChI is InChI=1S/C44H63NO7/c1-37(2)40(5)19-22-44(37,52-36(40)49)35(48)45(26-30-12-9-23-51-30)27-42(50)18-15-33-39(42,4)17-14-32-38(3)16-13-29(46)24-41(38)20-21-43(32,33)31(25-41)34(47)28-10-7-6-8-11-28/h20-21,25,28-30,32-33,46,50H,6-19,22-24,26-27H2,1-5H3. The average molecular weight is 718 g/mol. The largest absolute Gasteiger partial charge is 0.448 e. The number of fused-ring (bicyclic) bond motifs is 3. The summed E-state index contributed by atoms with van der Waals surface area (Å²) < 4.78 is 12.3. The van der Waals surface area contributed by atoms with Gasteiger partial charge in [-0.05, 0) is 108 Å². The van der Waals surface area contributed by atoms with Crippen LogP contribution in [-0.4, -0.2) is 75.9 Å². The Morgan fingerprint density at radius 3 is 2.23 bits per heavy atom. The second kappa shape index (κ2) is 11.3. The van der Waals surface area contributed by atoms with Crippen LogP contribution in [0.3, 0.4) is 0 Å². The predicted molar refractivity (Wildman–Crippen MR) is 196 cm³/mol. The quantitative estimate of drug-likeness (QED) is 0.219. The van der Waals surface area contributed by atoms with E-state index in [1.54, 1.807) is 0 Å². The molecule has 286 valence electrons. The van der Waals surface area contributed by atoms with Crippen LogP contribution in [0, 0.1) is 50.2 Å². The summed E-state index contributed by atoms with van der Waals surface area (Å²) >= 11 is 0. The van der Waals surface area contributed by atoms with Gasteiger partial charge in [0.1, 0.15) is 0 Å². The highest BCUT2D eigenvalue weighted by Crippen LogP contribution is 2.78. The number of rotatable bonds is 7. The van der Waals surface area contributed by atoms with Crippen LogP contribution in [0.25, 0.3) is 0 Å². The average Bonchev–Trinajstić information content (AvgIpc) is 3.82. The molecule has 8 heteroatoms. The summed E-state index contributed by atoms with van der Waals surface area (Å²) in [5.74, 6) is 0.176. The van der Waals surface area contributed by atoms with E-state index in [-0.39, 0.29) is 59.2 Å². The Balaban J connectivity index is 1.10. The molecule has 8 aliphatic carbocycles. The number of aliphatic hydroxyl groups excluding tert-OH is 1. The Bertz CT molecular complexity index is 1620. The molecule has 1 amide bonds. The van der Waals surface area contributed by atoms with E-state index in [1.165, 1.54) is 6.42 Å². The third-order valence-electron chi connectivity index (χ3n) is 18.6. The van der Waals surface area contributed by atoms with Crippen molar-refractivity contribution in [3.05, 3.63) is 23.8 Å². The highest BCUT2D eigenvalue weighted by atomic mass is 16.6. The number of allylic oxidation sites excluding steroid dienone is 4. The number of ether oxygens (including phenoxy) is 2. The lowest BCUT2D eigenvalue weighted by molar-refractivity contribution is -0.189. The van der Waals surface area contributed by atoms with Crippen molar-refractivity contribution in [2.75, 3.05) is 19.7 Å². The van der Waals surface area contributed by atoms with Crippen LogP contribution < -0.4 is 0 Å². The van der Waals surface area contributed by atoms with E-state index >= 15 is 4.79 Å². The molecule has 2 spiro atoms. The normalized spacial score (nSPS) is 50.0. The van der Waals surface area contributed by atoms with Crippen LogP contribution in [0.5, 0.6) is 0 Å². The van der Waals surface area contributed by atoms with E-state index in [9.17, 15) is 19.8 Å². The number of ketones is 1. The minimum Gasteiger partial charge on any atom is -0.448 e. The third kappa shape index (κ3) is 4.19. The van der Waals surface area contributed by atoms with Crippen molar-refractivity contribution in [2.24, 2.45) is 50.2 Å². The molecule has 0 aromatic carbocycles. The number of carbonyl (C=O) groups excluding carboxylic acids is 3. The summed E-state index contributed by atoms with van der Waals surface area (Å²) in [5, 5.41) is 24.4. The Kier molecular flexibility index (Phi) is 7.73. The predicted octanol–water partition coefficient (Wildman–Crippen LogP) is 6.86. The van der Waals surface area contributed by atoms with Gasteiger partial charge in [0.25, 0.3) is 5.91 Å². The minimum atomic E-state index is -1.26. The summed E-state index contributed by atoms with van der Waals surface area (Å²) in [6, 6.07) is 0. The molecule has 8 nitrogen and oxygen atoms in total. The van der Waals surface area contributed by atoms with Crippen LogP contribution in [0.2, 0.25) is 0 Å². The molecular weight excluding hydrogens is 654 g/mol. The van der Waals surface area contributed by atoms with Gasteiger partial charge in [0, 0.05) is 46.3 Å². The highest BCUT2D eigenvalue weighted by Gasteiger charge is 2.78. The van der Waals surface area contributed by atoms with E-state index in [0.29, 0.717) is 44.6 Å². The van der Waals surface area contributed by atoms with Crippen molar-refractivity contribution >= 4 is 17.7 Å². The summed E-state index contributed by atoms with van der Waals surface area (Å²) in [7, 11) is 0. The molecule has 0 radical (unpaired) electrons. The van der Waals surface area contributed by atoms with Crippen LogP contribution in [0.4, 0.5) is 0 Å². The monoisotopic (exact) mass is 717 g/mol. The van der Waals surface area contributed by atoms with Gasteiger partial charge in [-0.3, -0.25) is 14.4 Å². The van der Waals surface area contributed by atoms with Gasteiger partial charge in [0.15, 0.2) is 11.4 Å². The topological polar surface area (TPSA) is 113 Å². The molecule has 2 saturated heterocycles. The first kappa shape index (κ1) is 35.7. The van der Waals surface area contributed by atoms with Crippen molar-refractivity contribution in [3.63, 3.8) is 0 Å². The molecule has 10 aliphatic rings. The van der Waals surface area contributed by atoms with Crippen LogP contribution in [0.1, 0.15) is 137 Å². The zero-order chi connectivity index (χ0) is 36.7. The Labute approximate surface area is 310 Å². The van der Waals surface area contributed by atoms with Crippen molar-refractivity contribution in [3.8, 4) is 0 Å². The fourth-order valence-electron chi connectivity index (χ4n) is 14.8. The summed E-state index contributed by atoms with van der Waals surface area (Å²) in [6.45, 7) is 11.9. The van der Waals surface area contributed by atoms with E-state index in [0.717, 1.165) is 76.2 Å². The van der Waals surface area contributed by atoms with Crippen molar-refractivity contribution < 1.29 is 34.1 Å². The van der Waals surface area contributed by atoms with Gasteiger partial charge in [-0.1, -0.05) is 65.2 Å².